The molecule has 1 aliphatic heterocycles. The maximum absolute atomic E-state index is 11.8. The number of aliphatic hydroxyl groups is 1. The van der Waals surface area contributed by atoms with E-state index in [0.717, 1.165) is 5.56 Å². The molecule has 0 saturated heterocycles. The van der Waals surface area contributed by atoms with Crippen molar-refractivity contribution < 1.29 is 25.0 Å². The van der Waals surface area contributed by atoms with Gasteiger partial charge in [-0.1, -0.05) is 24.3 Å². The average molecular weight is 327 g/mol. The van der Waals surface area contributed by atoms with Crippen molar-refractivity contribution in [1.29, 1.82) is 0 Å². The van der Waals surface area contributed by atoms with Crippen molar-refractivity contribution >= 4 is 11.5 Å². The molecule has 6 nitrogen and oxygen atoms in total. The predicted octanol–water partition coefficient (Wildman–Crippen LogP) is 2.22. The summed E-state index contributed by atoms with van der Waals surface area (Å²) in [5.41, 5.74) is 2.21. The van der Waals surface area contributed by atoms with Crippen LogP contribution < -0.4 is 10.2 Å². The first-order valence-corrected chi connectivity index (χ1v) is 7.37. The number of aromatic hydroxyl groups is 1. The highest BCUT2D eigenvalue weighted by Gasteiger charge is 2.42. The van der Waals surface area contributed by atoms with Crippen LogP contribution in [0.25, 0.3) is 5.57 Å². The molecule has 1 amide bonds. The quantitative estimate of drug-likeness (QED) is 0.512. The van der Waals surface area contributed by atoms with Crippen molar-refractivity contribution in [1.82, 2.24) is 5.48 Å². The number of carbonyl (C=O) groups excluding carboxylic acids is 1. The largest absolute Gasteiger partial charge is 0.508 e. The molecule has 0 aromatic heterocycles. The molecule has 0 bridgehead atoms. The molecule has 24 heavy (non-hydrogen) atoms. The number of amides is 1. The Kier molecular flexibility index (Phi) is 4.01. The van der Waals surface area contributed by atoms with E-state index in [4.69, 9.17) is 9.94 Å². The highest BCUT2D eigenvalue weighted by Crippen LogP contribution is 2.46. The fraction of sp³-hybridized carbons (Fsp3) is 0.167. The molecule has 0 radical (unpaired) electrons. The molecule has 1 heterocycles. The number of fused-ring (bicyclic) bond motifs is 1. The summed E-state index contributed by atoms with van der Waals surface area (Å²) in [5.74, 6) is -0.190. The molecule has 2 aromatic rings. The summed E-state index contributed by atoms with van der Waals surface area (Å²) >= 11 is 0. The molecule has 2 aromatic carbocycles. The van der Waals surface area contributed by atoms with Crippen LogP contribution in [0, 0.1) is 6.92 Å². The molecule has 1 unspecified atom stereocenters. The zero-order chi connectivity index (χ0) is 17.3. The van der Waals surface area contributed by atoms with E-state index in [1.165, 1.54) is 18.4 Å². The van der Waals surface area contributed by atoms with Crippen molar-refractivity contribution in [3.63, 3.8) is 0 Å². The number of benzene rings is 2. The minimum Gasteiger partial charge on any atom is -0.508 e. The number of hydroxylamine groups is 1. The fourth-order valence-corrected chi connectivity index (χ4v) is 2.84. The molecular formula is C18H17NO5. The van der Waals surface area contributed by atoms with Gasteiger partial charge in [-0.2, -0.15) is 0 Å². The molecule has 6 heteroatoms. The lowest BCUT2D eigenvalue weighted by atomic mass is 9.78. The van der Waals surface area contributed by atoms with E-state index >= 15 is 0 Å². The maximum Gasteiger partial charge on any atom is 0.246 e. The lowest BCUT2D eigenvalue weighted by molar-refractivity contribution is -0.132. The second kappa shape index (κ2) is 5.99. The predicted molar refractivity (Wildman–Crippen MR) is 86.3 cm³/mol. The first-order valence-electron chi connectivity index (χ1n) is 7.37. The van der Waals surface area contributed by atoms with Crippen LogP contribution in [0.2, 0.25) is 0 Å². The van der Waals surface area contributed by atoms with Crippen LogP contribution in [-0.4, -0.2) is 21.3 Å². The summed E-state index contributed by atoms with van der Waals surface area (Å²) in [6, 6.07) is 11.5. The number of phenolic OH excluding ortho intramolecular Hbond substituents is 1. The van der Waals surface area contributed by atoms with E-state index in [-0.39, 0.29) is 12.2 Å². The van der Waals surface area contributed by atoms with Crippen LogP contribution in [0.4, 0.5) is 0 Å². The number of phenols is 1. The Morgan fingerprint density at radius 3 is 2.58 bits per heavy atom. The van der Waals surface area contributed by atoms with Crippen molar-refractivity contribution in [2.75, 3.05) is 0 Å². The molecule has 0 fully saturated rings. The van der Waals surface area contributed by atoms with E-state index < -0.39 is 11.5 Å². The maximum atomic E-state index is 11.8. The summed E-state index contributed by atoms with van der Waals surface area (Å²) < 4.78 is 5.63. The number of nitrogens with one attached hydrogen (secondary N) is 1. The summed E-state index contributed by atoms with van der Waals surface area (Å²) in [7, 11) is 0. The fourth-order valence-electron chi connectivity index (χ4n) is 2.84. The summed E-state index contributed by atoms with van der Waals surface area (Å²) in [4.78, 5) is 11.8. The molecule has 4 N–H and O–H groups in total. The molecule has 0 aliphatic carbocycles. The van der Waals surface area contributed by atoms with Gasteiger partial charge in [-0.3, -0.25) is 10.0 Å². The Morgan fingerprint density at radius 1 is 1.21 bits per heavy atom. The first kappa shape index (κ1) is 16.0. The van der Waals surface area contributed by atoms with E-state index in [9.17, 15) is 15.0 Å². The van der Waals surface area contributed by atoms with Gasteiger partial charge < -0.3 is 14.9 Å². The van der Waals surface area contributed by atoms with Gasteiger partial charge in [0.1, 0.15) is 17.1 Å². The second-order valence-corrected chi connectivity index (χ2v) is 5.77. The first-order chi connectivity index (χ1) is 11.4. The Labute approximate surface area is 138 Å². The Balaban J connectivity index is 2.14. The van der Waals surface area contributed by atoms with E-state index in [2.05, 4.69) is 0 Å². The van der Waals surface area contributed by atoms with Crippen LogP contribution in [0.15, 0.2) is 48.7 Å². The second-order valence-electron chi connectivity index (χ2n) is 5.77. The zero-order valence-electron chi connectivity index (χ0n) is 13.0. The van der Waals surface area contributed by atoms with Crippen LogP contribution in [-0.2, 0) is 10.4 Å². The highest BCUT2D eigenvalue weighted by molar-refractivity contribution is 5.84. The summed E-state index contributed by atoms with van der Waals surface area (Å²) in [5, 5.41) is 29.6. The Morgan fingerprint density at radius 2 is 1.92 bits per heavy atom. The standard InChI is InChI=1S/C18H17NO5/c1-11-2-7-14-16(8-11)24-10-15(12-3-5-13(20)6-4-12)18(14,22)9-17(21)19-23/h2-8,10,20,22-23H,9H2,1H3,(H,19,21). The molecular weight excluding hydrogens is 310 g/mol. The van der Waals surface area contributed by atoms with E-state index in [0.29, 0.717) is 22.4 Å². The number of hydrogen-bond donors (Lipinski definition) is 4. The van der Waals surface area contributed by atoms with Crippen LogP contribution in [0.3, 0.4) is 0 Å². The van der Waals surface area contributed by atoms with Crippen molar-refractivity contribution in [3.8, 4) is 11.5 Å². The van der Waals surface area contributed by atoms with Crippen LogP contribution in [0.1, 0.15) is 23.1 Å². The third kappa shape index (κ3) is 2.73. The Bertz CT molecular complexity index is 813. The lowest BCUT2D eigenvalue weighted by Gasteiger charge is -2.35. The number of rotatable bonds is 3. The number of aryl methyl sites for hydroxylation is 1. The molecule has 124 valence electrons. The monoisotopic (exact) mass is 327 g/mol. The van der Waals surface area contributed by atoms with Gasteiger partial charge in [0.25, 0.3) is 0 Å². The summed E-state index contributed by atoms with van der Waals surface area (Å²) in [6.07, 6.45) is 1.01. The van der Waals surface area contributed by atoms with Gasteiger partial charge in [-0.05, 0) is 36.2 Å². The van der Waals surface area contributed by atoms with Gasteiger partial charge in [0, 0.05) is 11.1 Å². The normalized spacial score (nSPS) is 19.0. The van der Waals surface area contributed by atoms with Gasteiger partial charge in [0.2, 0.25) is 5.91 Å². The smallest absolute Gasteiger partial charge is 0.246 e. The highest BCUT2D eigenvalue weighted by atomic mass is 16.5. The minimum atomic E-state index is -1.68. The molecule has 1 aliphatic rings. The third-order valence-electron chi connectivity index (χ3n) is 4.05. The van der Waals surface area contributed by atoms with Gasteiger partial charge in [-0.25, -0.2) is 5.48 Å². The molecule has 3 rings (SSSR count). The van der Waals surface area contributed by atoms with Crippen LogP contribution >= 0.6 is 0 Å². The lowest BCUT2D eigenvalue weighted by Crippen LogP contribution is -2.37. The minimum absolute atomic E-state index is 0.0868. The Hall–Kier alpha value is -2.83. The number of ether oxygens (including phenoxy) is 1. The van der Waals surface area contributed by atoms with Gasteiger partial charge in [0.15, 0.2) is 0 Å². The summed E-state index contributed by atoms with van der Waals surface area (Å²) in [6.45, 7) is 1.89. The van der Waals surface area contributed by atoms with Gasteiger partial charge in [0.05, 0.1) is 12.7 Å². The van der Waals surface area contributed by atoms with Crippen molar-refractivity contribution in [2.45, 2.75) is 18.9 Å². The third-order valence-corrected chi connectivity index (χ3v) is 4.05. The molecule has 0 saturated carbocycles. The number of hydrogen-bond acceptors (Lipinski definition) is 5. The van der Waals surface area contributed by atoms with Crippen molar-refractivity contribution in [3.05, 3.63) is 65.4 Å². The number of carbonyl (C=O) groups is 1. The molecule has 0 spiro atoms. The van der Waals surface area contributed by atoms with Crippen molar-refractivity contribution in [2.24, 2.45) is 0 Å². The topological polar surface area (TPSA) is 99.0 Å². The molecule has 1 atom stereocenters. The SMILES string of the molecule is Cc1ccc2c(c1)OC=C(c1ccc(O)cc1)C2(O)CC(=O)NO. The van der Waals surface area contributed by atoms with Gasteiger partial charge >= 0.3 is 0 Å². The van der Waals surface area contributed by atoms with Crippen LogP contribution in [0.5, 0.6) is 11.5 Å². The van der Waals surface area contributed by atoms with Gasteiger partial charge in [-0.15, -0.1) is 0 Å². The zero-order valence-corrected chi connectivity index (χ0v) is 13.0. The van der Waals surface area contributed by atoms with E-state index in [1.54, 1.807) is 29.7 Å². The van der Waals surface area contributed by atoms with E-state index in [1.807, 2.05) is 13.0 Å². The average Bonchev–Trinajstić information content (AvgIpc) is 2.56.